The minimum Gasteiger partial charge on any atom is -0.858 e. The molecule has 2 aromatic carbocycles. The number of hydrogen-bond acceptors (Lipinski definition) is 16. The van der Waals surface area contributed by atoms with Crippen LogP contribution in [0.25, 0.3) is 4.13 Å². The van der Waals surface area contributed by atoms with Gasteiger partial charge in [-0.3, -0.25) is 14.4 Å². The van der Waals surface area contributed by atoms with Gasteiger partial charge in [-0.15, -0.1) is 0 Å². The number of alkyl halides is 3. The van der Waals surface area contributed by atoms with Crippen LogP contribution in [0.3, 0.4) is 0 Å². The second kappa shape index (κ2) is 51.9. The average Bonchev–Trinajstić information content (AvgIpc) is 0.843. The Hall–Kier alpha value is -1.13. The molecule has 0 amide bonds. The molecule has 2 rings (SSSR count). The summed E-state index contributed by atoms with van der Waals surface area (Å²) in [5, 5.41) is 11.4. The number of halogens is 3. The first-order chi connectivity index (χ1) is 42.3. The zero-order valence-corrected chi connectivity index (χ0v) is 71.3. The Balaban J connectivity index is -0.000000351. The molecular weight excluding hydrogens is 1350 g/mol. The van der Waals surface area contributed by atoms with E-state index in [2.05, 4.69) is 83.2 Å². The summed E-state index contributed by atoms with van der Waals surface area (Å²) in [6.45, 7) is 45.6. The van der Waals surface area contributed by atoms with Crippen LogP contribution in [-0.2, 0) is 78.7 Å². The van der Waals surface area contributed by atoms with E-state index in [1.807, 2.05) is 62.3 Å². The second-order valence-corrected chi connectivity index (χ2v) is 39.9. The number of esters is 3. The fourth-order valence-electron chi connectivity index (χ4n) is 8.04. The number of aryl methyl sites for hydroxylation is 1. The summed E-state index contributed by atoms with van der Waals surface area (Å²) in [5.41, 5.74) is -4.48. The van der Waals surface area contributed by atoms with Crippen molar-refractivity contribution in [3.8, 4) is 0 Å². The Bertz CT molecular complexity index is 2750. The van der Waals surface area contributed by atoms with Crippen LogP contribution in [0, 0.1) is 28.6 Å². The van der Waals surface area contributed by atoms with Gasteiger partial charge >= 0.3 is 114 Å². The smallest absolute Gasteiger partial charge is 0.858 e. The number of carbonyl (C=O) groups is 3. The van der Waals surface area contributed by atoms with Crippen LogP contribution >= 0.6 is 0 Å². The minimum absolute atomic E-state index is 0. The molecule has 0 heterocycles. The van der Waals surface area contributed by atoms with Gasteiger partial charge in [0.15, 0.2) is 16.6 Å². The van der Waals surface area contributed by atoms with Crippen molar-refractivity contribution in [2.24, 2.45) is 33.0 Å². The molecule has 0 fully saturated rings. The van der Waals surface area contributed by atoms with Crippen LogP contribution in [-0.4, -0.2) is 124 Å². The summed E-state index contributed by atoms with van der Waals surface area (Å²) in [4.78, 5) is 34.9. The van der Waals surface area contributed by atoms with Gasteiger partial charge in [0.25, 0.3) is 0 Å². The zero-order valence-electron chi connectivity index (χ0n) is 61.8. The van der Waals surface area contributed by atoms with Gasteiger partial charge in [0.05, 0.1) is 59.8 Å². The Morgan fingerprint density at radius 1 is 0.628 bits per heavy atom. The second-order valence-electron chi connectivity index (χ2n) is 25.9. The standard InChI is InChI=1S/C17H38O3Si2.C14H28O2.C12H14F3NO3S.C12H18NO4S2.C11H22O4.K.Na/c1-9-11-14-21(5,6)20-22(7,8)15-12-13-19-16(18)17(3,4)10-2;1-6-10-14(5,7-2)13(15)16-11-8-9-12(3)4;1-3-8(2)9-4-6-10(7-5-9)11(17)16-20(18,19)12(13,14)15;1-10(2)4-5-11-6-8-12(9-7-11)19(16,17)13-18(3,14)15;1-4-10(3)11(12)15-9-8-14-7-6-13-5-2;;/h9-15H2,1-8H3;12H,6-11H2,1-5H3;4-8H,3H2,1-2H3,(H,16,17);6-10H,4-5H2,1-3H3;10H,4-9H2,1-3H3;;/q;;;-1;;2*+1/p-1. The largest absolute Gasteiger partial charge is 1.00 e. The quantitative estimate of drug-likeness (QED) is 0.0151. The summed E-state index contributed by atoms with van der Waals surface area (Å²) in [6, 6.07) is 14.1. The van der Waals surface area contributed by atoms with Crippen molar-refractivity contribution in [2.75, 3.05) is 52.5 Å². The summed E-state index contributed by atoms with van der Waals surface area (Å²) in [5.74, 6) is -0.198. The molecule has 2 aromatic rings. The van der Waals surface area contributed by atoms with Gasteiger partial charge in [-0.25, -0.2) is 16.8 Å². The maximum atomic E-state index is 12.1. The number of benzene rings is 2. The van der Waals surface area contributed by atoms with Crippen molar-refractivity contribution in [2.45, 2.75) is 249 Å². The van der Waals surface area contributed by atoms with Crippen LogP contribution < -0.4 is 86.0 Å². The molecule has 0 spiro atoms. The molecule has 3 unspecified atom stereocenters. The number of rotatable bonds is 38. The molecule has 3 atom stereocenters. The van der Waals surface area contributed by atoms with Crippen LogP contribution in [0.4, 0.5) is 13.2 Å². The van der Waals surface area contributed by atoms with E-state index in [1.54, 1.807) is 24.3 Å². The van der Waals surface area contributed by atoms with Gasteiger partial charge in [0, 0.05) is 23.7 Å². The Kier molecular flexibility index (Phi) is 56.1. The molecule has 0 bridgehead atoms. The molecule has 0 radical (unpaired) electrons. The summed E-state index contributed by atoms with van der Waals surface area (Å²) in [7, 11) is -17.0. The van der Waals surface area contributed by atoms with Gasteiger partial charge in [0.2, 0.25) is 0 Å². The van der Waals surface area contributed by atoms with E-state index in [0.717, 1.165) is 94.1 Å². The van der Waals surface area contributed by atoms with Gasteiger partial charge in [-0.05, 0) is 177 Å². The third-order valence-electron chi connectivity index (χ3n) is 14.9. The van der Waals surface area contributed by atoms with Crippen molar-refractivity contribution >= 4 is 70.5 Å². The predicted octanol–water partition coefficient (Wildman–Crippen LogP) is 9.86. The summed E-state index contributed by atoms with van der Waals surface area (Å²) >= 11 is 0. The summed E-state index contributed by atoms with van der Waals surface area (Å²) < 4.78 is 141. The predicted molar refractivity (Wildman–Crippen MR) is 368 cm³/mol. The van der Waals surface area contributed by atoms with E-state index >= 15 is 0 Å². The third kappa shape index (κ3) is 48.6. The first kappa shape index (κ1) is 102. The maximum Gasteiger partial charge on any atom is 1.00 e. The van der Waals surface area contributed by atoms with Gasteiger partial charge in [0.1, 0.15) is 16.6 Å². The fraction of sp³-hybridized carbons (Fsp3) is 0.758. The van der Waals surface area contributed by atoms with Gasteiger partial charge < -0.3 is 37.0 Å². The molecular formula is C66H119F3KN2NaO16S3Si2. The van der Waals surface area contributed by atoms with E-state index in [4.69, 9.17) is 27.8 Å². The van der Waals surface area contributed by atoms with E-state index in [9.17, 15) is 57.9 Å². The van der Waals surface area contributed by atoms with E-state index < -0.39 is 58.1 Å². The number of sulfonamides is 3. The van der Waals surface area contributed by atoms with Crippen molar-refractivity contribution < 1.29 is 167 Å². The molecule has 28 heteroatoms. The molecule has 0 aliphatic carbocycles. The molecule has 0 aromatic heterocycles. The Morgan fingerprint density at radius 3 is 1.57 bits per heavy atom. The normalized spacial score (nSPS) is 13.4. The number of ether oxygens (including phenoxy) is 5. The van der Waals surface area contributed by atoms with Crippen molar-refractivity contribution in [1.29, 1.82) is 0 Å². The molecule has 538 valence electrons. The van der Waals surface area contributed by atoms with E-state index in [0.29, 0.717) is 58.1 Å². The topological polar surface area (TPSA) is 259 Å². The van der Waals surface area contributed by atoms with Crippen LogP contribution in [0.15, 0.2) is 57.8 Å². The van der Waals surface area contributed by atoms with Gasteiger partial charge in [-0.1, -0.05) is 139 Å². The SMILES string of the molecule is CC(C)CCc1ccc(S(=O)(=O)[N-]S(C)(=O)=O)cc1.CCC(C)c1ccc(C([O-])=NS(=O)(=O)C(F)(F)F)cc1.CCCC(C)(CC)C(=O)OCCCC(C)C.CCCC[Si](C)(C)O[Si](C)(C)CCCOC(=O)C(C)(C)CC.CCOCCOCCOC(=O)C(C)CC.[K+].[Na+]. The van der Waals surface area contributed by atoms with E-state index in [1.165, 1.54) is 43.2 Å². The monoisotopic (exact) mass is 1470 g/mol. The molecule has 0 saturated heterocycles. The fourth-order valence-corrected chi connectivity index (χ4v) is 19.7. The zero-order chi connectivity index (χ0) is 71.8. The number of hydrogen-bond donors (Lipinski definition) is 0. The first-order valence-electron chi connectivity index (χ1n) is 32.7. The first-order valence-corrected chi connectivity index (χ1v) is 43.6. The minimum atomic E-state index is -5.80. The average molecular weight is 1470 g/mol. The van der Waals surface area contributed by atoms with Crippen LogP contribution in [0.2, 0.25) is 38.3 Å². The van der Waals surface area contributed by atoms with Crippen LogP contribution in [0.1, 0.15) is 210 Å². The van der Waals surface area contributed by atoms with Crippen LogP contribution in [0.5, 0.6) is 0 Å². The maximum absolute atomic E-state index is 12.1. The third-order valence-corrected chi connectivity index (χ3v) is 26.1. The van der Waals surface area contributed by atoms with Gasteiger partial charge in [-0.2, -0.15) is 26.0 Å². The van der Waals surface area contributed by atoms with E-state index in [-0.39, 0.29) is 132 Å². The molecule has 0 aliphatic heterocycles. The Morgan fingerprint density at radius 2 is 1.13 bits per heavy atom. The van der Waals surface area contributed by atoms with Crippen molar-refractivity contribution in [3.63, 3.8) is 0 Å². The van der Waals surface area contributed by atoms with Crippen molar-refractivity contribution in [1.82, 2.24) is 0 Å². The molecule has 0 N–H and O–H groups in total. The molecule has 0 saturated carbocycles. The molecule has 18 nitrogen and oxygen atoms in total. The molecule has 0 aliphatic rings. The molecule has 94 heavy (non-hydrogen) atoms. The summed E-state index contributed by atoms with van der Waals surface area (Å²) in [6.07, 6.45) is 13.5. The van der Waals surface area contributed by atoms with Crippen molar-refractivity contribution in [3.05, 3.63) is 69.3 Å². The number of carbonyl (C=O) groups excluding carboxylic acids is 3. The Labute approximate surface area is 634 Å². The number of unbranched alkanes of at least 4 members (excludes halogenated alkanes) is 1. The number of nitrogens with zero attached hydrogens (tertiary/aromatic N) is 2.